The molecule has 29 heavy (non-hydrogen) atoms. The highest BCUT2D eigenvalue weighted by Crippen LogP contribution is 2.24. The van der Waals surface area contributed by atoms with Crippen molar-refractivity contribution in [1.29, 1.82) is 0 Å². The highest BCUT2D eigenvalue weighted by molar-refractivity contribution is 7.13. The fourth-order valence-corrected chi connectivity index (χ4v) is 3.73. The van der Waals surface area contributed by atoms with Gasteiger partial charge in [0.15, 0.2) is 0 Å². The second kappa shape index (κ2) is 9.53. The topological polar surface area (TPSA) is 88.2 Å². The number of ether oxygens (including phenoxy) is 2. The van der Waals surface area contributed by atoms with Crippen molar-refractivity contribution < 1.29 is 23.9 Å². The van der Waals surface area contributed by atoms with Gasteiger partial charge in [0.25, 0.3) is 11.8 Å². The second-order valence-corrected chi connectivity index (χ2v) is 7.66. The lowest BCUT2D eigenvalue weighted by atomic mass is 10.2. The van der Waals surface area contributed by atoms with E-state index in [9.17, 15) is 14.4 Å². The lowest BCUT2D eigenvalue weighted by Gasteiger charge is -2.27. The number of hydrogen-bond donors (Lipinski definition) is 1. The van der Waals surface area contributed by atoms with Crippen LogP contribution in [0, 0.1) is 6.92 Å². The summed E-state index contributed by atoms with van der Waals surface area (Å²) >= 11 is 1.51. The molecule has 1 aromatic carbocycles. The molecule has 2 aliphatic rings. The van der Waals surface area contributed by atoms with Crippen molar-refractivity contribution >= 4 is 40.6 Å². The van der Waals surface area contributed by atoms with Crippen LogP contribution in [-0.2, 0) is 14.3 Å². The van der Waals surface area contributed by atoms with E-state index < -0.39 is 0 Å². The summed E-state index contributed by atoms with van der Waals surface area (Å²) in [6.07, 6.45) is -0.324. The van der Waals surface area contributed by atoms with E-state index in [1.807, 2.05) is 43.3 Å². The Morgan fingerprint density at radius 3 is 2.17 bits per heavy atom. The Kier molecular flexibility index (Phi) is 6.84. The zero-order chi connectivity index (χ0) is 20.8. The molecule has 1 N–H and O–H groups in total. The van der Waals surface area contributed by atoms with Gasteiger partial charge in [0.2, 0.25) is 0 Å². The van der Waals surface area contributed by atoms with Crippen molar-refractivity contribution in [3.63, 3.8) is 0 Å². The van der Waals surface area contributed by atoms with Crippen molar-refractivity contribution in [2.75, 3.05) is 49.8 Å². The quantitative estimate of drug-likeness (QED) is 0.829. The van der Waals surface area contributed by atoms with Crippen LogP contribution in [0.4, 0.5) is 16.2 Å². The maximum absolute atomic E-state index is 11.7. The number of rotatable bonds is 3. The molecule has 0 bridgehead atoms. The first-order chi connectivity index (χ1) is 14.0. The van der Waals surface area contributed by atoms with Crippen LogP contribution >= 0.6 is 11.3 Å². The summed E-state index contributed by atoms with van der Waals surface area (Å²) in [5.41, 5.74) is 1.61. The van der Waals surface area contributed by atoms with Crippen molar-refractivity contribution in [3.05, 3.63) is 46.2 Å². The van der Waals surface area contributed by atoms with Crippen LogP contribution in [0.15, 0.2) is 36.4 Å². The minimum atomic E-state index is -0.324. The van der Waals surface area contributed by atoms with Crippen LogP contribution in [-0.4, -0.2) is 57.9 Å². The third-order valence-electron chi connectivity index (χ3n) is 4.41. The third-order valence-corrected chi connectivity index (χ3v) is 5.41. The van der Waals surface area contributed by atoms with Gasteiger partial charge < -0.3 is 19.7 Å². The number of cyclic esters (lactones) is 1. The number of carbonyl (C=O) groups is 3. The molecule has 0 atom stereocenters. The number of aryl methyl sites for hydroxylation is 1. The van der Waals surface area contributed by atoms with Crippen molar-refractivity contribution in [2.24, 2.45) is 0 Å². The monoisotopic (exact) mass is 417 g/mol. The number of thiophene rings is 1. The molecular formula is C20H23N3O5S. The lowest BCUT2D eigenvalue weighted by molar-refractivity contribution is -0.125. The molecule has 8 nitrogen and oxygen atoms in total. The third kappa shape index (κ3) is 5.12. The maximum atomic E-state index is 11.7. The summed E-state index contributed by atoms with van der Waals surface area (Å²) in [4.78, 5) is 39.3. The number of benzene rings is 1. The summed E-state index contributed by atoms with van der Waals surface area (Å²) in [5.74, 6) is -0.0438. The molecule has 9 heteroatoms. The van der Waals surface area contributed by atoms with Crippen LogP contribution < -0.4 is 15.1 Å². The average molecular weight is 417 g/mol. The molecule has 2 fully saturated rings. The SMILES string of the molecule is CNC(=O)c1ccc(C)s1.O=C1COCCN1c1ccc(N2CCOC2=O)cc1. The Morgan fingerprint density at radius 1 is 1.00 bits per heavy atom. The van der Waals surface area contributed by atoms with E-state index in [1.54, 1.807) is 16.8 Å². The van der Waals surface area contributed by atoms with Gasteiger partial charge in [-0.1, -0.05) is 0 Å². The van der Waals surface area contributed by atoms with E-state index in [0.717, 1.165) is 16.3 Å². The molecule has 0 unspecified atom stereocenters. The minimum Gasteiger partial charge on any atom is -0.447 e. The molecule has 154 valence electrons. The average Bonchev–Trinajstić information content (AvgIpc) is 3.37. The summed E-state index contributed by atoms with van der Waals surface area (Å²) in [7, 11) is 1.64. The first kappa shape index (κ1) is 20.8. The molecule has 0 radical (unpaired) electrons. The summed E-state index contributed by atoms with van der Waals surface area (Å²) < 4.78 is 9.98. The van der Waals surface area contributed by atoms with E-state index in [4.69, 9.17) is 9.47 Å². The first-order valence-electron chi connectivity index (χ1n) is 9.20. The highest BCUT2D eigenvalue weighted by atomic mass is 32.1. The van der Waals surface area contributed by atoms with E-state index >= 15 is 0 Å². The largest absolute Gasteiger partial charge is 0.447 e. The van der Waals surface area contributed by atoms with Gasteiger partial charge in [-0.3, -0.25) is 14.5 Å². The van der Waals surface area contributed by atoms with E-state index in [1.165, 1.54) is 16.2 Å². The number of nitrogens with zero attached hydrogens (tertiary/aromatic N) is 2. The van der Waals surface area contributed by atoms with Crippen LogP contribution in [0.1, 0.15) is 14.5 Å². The van der Waals surface area contributed by atoms with E-state index in [-0.39, 0.29) is 24.5 Å². The fourth-order valence-electron chi connectivity index (χ4n) is 2.91. The predicted molar refractivity (Wildman–Crippen MR) is 111 cm³/mol. The minimum absolute atomic E-state index is 0.00176. The smallest absolute Gasteiger partial charge is 0.414 e. The predicted octanol–water partition coefficient (Wildman–Crippen LogP) is 2.42. The van der Waals surface area contributed by atoms with Gasteiger partial charge in [-0.05, 0) is 43.3 Å². The van der Waals surface area contributed by atoms with Crippen LogP contribution in [0.2, 0.25) is 0 Å². The van der Waals surface area contributed by atoms with E-state index in [2.05, 4.69) is 5.32 Å². The fraction of sp³-hybridized carbons (Fsp3) is 0.350. The van der Waals surface area contributed by atoms with Gasteiger partial charge in [-0.2, -0.15) is 0 Å². The lowest BCUT2D eigenvalue weighted by Crippen LogP contribution is -2.41. The van der Waals surface area contributed by atoms with Gasteiger partial charge >= 0.3 is 6.09 Å². The molecule has 0 saturated carbocycles. The maximum Gasteiger partial charge on any atom is 0.414 e. The molecule has 3 amide bonds. The number of morpholine rings is 1. The number of amides is 3. The van der Waals surface area contributed by atoms with Crippen molar-refractivity contribution in [2.45, 2.75) is 6.92 Å². The molecule has 0 spiro atoms. The Balaban J connectivity index is 0.000000204. The van der Waals surface area contributed by atoms with Crippen LogP contribution in [0.3, 0.4) is 0 Å². The summed E-state index contributed by atoms with van der Waals surface area (Å²) in [6.45, 7) is 4.20. The molecule has 2 saturated heterocycles. The normalized spacial score (nSPS) is 16.2. The Labute approximate surface area is 173 Å². The summed E-state index contributed by atoms with van der Waals surface area (Å²) in [6, 6.07) is 11.1. The van der Waals surface area contributed by atoms with Gasteiger partial charge in [-0.15, -0.1) is 11.3 Å². The molecule has 2 aliphatic heterocycles. The molecule has 3 heterocycles. The molecule has 4 rings (SSSR count). The van der Waals surface area contributed by atoms with Crippen LogP contribution in [0.5, 0.6) is 0 Å². The van der Waals surface area contributed by atoms with Gasteiger partial charge in [0.05, 0.1) is 18.0 Å². The van der Waals surface area contributed by atoms with Gasteiger partial charge in [0.1, 0.15) is 13.2 Å². The highest BCUT2D eigenvalue weighted by Gasteiger charge is 2.24. The molecule has 1 aromatic heterocycles. The number of carbonyl (C=O) groups excluding carboxylic acids is 3. The van der Waals surface area contributed by atoms with Crippen LogP contribution in [0.25, 0.3) is 0 Å². The van der Waals surface area contributed by atoms with Gasteiger partial charge in [-0.25, -0.2) is 4.79 Å². The molecular weight excluding hydrogens is 394 g/mol. The first-order valence-corrected chi connectivity index (χ1v) is 10.0. The number of hydrogen-bond acceptors (Lipinski definition) is 6. The Hall–Kier alpha value is -2.91. The zero-order valence-corrected chi connectivity index (χ0v) is 17.2. The standard InChI is InChI=1S/C13H14N2O4.C7H9NOS/c16-12-9-18-7-5-14(12)10-1-3-11(4-2-10)15-6-8-19-13(15)17;1-5-3-4-6(10-5)7(9)8-2/h1-4H,5-9H2;3-4H,1-2H3,(H,8,9). The number of nitrogens with one attached hydrogen (secondary N) is 1. The van der Waals surface area contributed by atoms with Gasteiger partial charge in [0, 0.05) is 29.8 Å². The Morgan fingerprint density at radius 2 is 1.66 bits per heavy atom. The van der Waals surface area contributed by atoms with Crippen molar-refractivity contribution in [1.82, 2.24) is 5.32 Å². The second-order valence-electron chi connectivity index (χ2n) is 6.37. The van der Waals surface area contributed by atoms with Crippen molar-refractivity contribution in [3.8, 4) is 0 Å². The zero-order valence-electron chi connectivity index (χ0n) is 16.3. The Bertz CT molecular complexity index is 880. The molecule has 0 aliphatic carbocycles. The molecule has 2 aromatic rings. The number of anilines is 2. The summed E-state index contributed by atoms with van der Waals surface area (Å²) in [5, 5.41) is 2.57. The van der Waals surface area contributed by atoms with E-state index in [0.29, 0.717) is 26.3 Å².